The highest BCUT2D eigenvalue weighted by Gasteiger charge is 2.28. The van der Waals surface area contributed by atoms with Crippen LogP contribution in [0.3, 0.4) is 0 Å². The van der Waals surface area contributed by atoms with Crippen LogP contribution in [0.25, 0.3) is 11.1 Å². The van der Waals surface area contributed by atoms with Crippen molar-refractivity contribution < 1.29 is 34.0 Å². The Kier molecular flexibility index (Phi) is 6.85. The van der Waals surface area contributed by atoms with Crippen molar-refractivity contribution in [2.45, 2.75) is 45.0 Å². The molecule has 2 heterocycles. The number of hydrogen-bond acceptors (Lipinski definition) is 6. The Hall–Kier alpha value is -3.55. The van der Waals surface area contributed by atoms with Crippen molar-refractivity contribution in [1.82, 2.24) is 0 Å². The highest BCUT2D eigenvalue weighted by atomic mass is 16.6. The molecule has 3 aromatic carbocycles. The molecule has 0 amide bonds. The molecule has 0 bridgehead atoms. The van der Waals surface area contributed by atoms with Gasteiger partial charge in [0, 0.05) is 17.5 Å². The fraction of sp³-hybridized carbons (Fsp3) is 0.345. The van der Waals surface area contributed by atoms with Crippen LogP contribution in [0.15, 0.2) is 54.6 Å². The van der Waals surface area contributed by atoms with Crippen LogP contribution in [0, 0.1) is 13.8 Å². The summed E-state index contributed by atoms with van der Waals surface area (Å²) in [6.07, 6.45) is -0.892. The molecule has 0 saturated carbocycles. The molecule has 5 rings (SSSR count). The summed E-state index contributed by atoms with van der Waals surface area (Å²) < 4.78 is 23.0. The number of carboxylic acids is 1. The van der Waals surface area contributed by atoms with Gasteiger partial charge in [-0.1, -0.05) is 24.3 Å². The van der Waals surface area contributed by atoms with Crippen LogP contribution < -0.4 is 14.2 Å². The van der Waals surface area contributed by atoms with E-state index in [0.29, 0.717) is 37.9 Å². The first-order valence-corrected chi connectivity index (χ1v) is 12.1. The van der Waals surface area contributed by atoms with Gasteiger partial charge in [-0.15, -0.1) is 0 Å². The number of hydrogen-bond donors (Lipinski definition) is 2. The van der Waals surface area contributed by atoms with Gasteiger partial charge < -0.3 is 29.2 Å². The summed E-state index contributed by atoms with van der Waals surface area (Å²) >= 11 is 0. The van der Waals surface area contributed by atoms with Crippen molar-refractivity contribution in [1.29, 1.82) is 0 Å². The van der Waals surface area contributed by atoms with Gasteiger partial charge in [0.15, 0.2) is 0 Å². The minimum absolute atomic E-state index is 0.0584. The predicted octanol–water partition coefficient (Wildman–Crippen LogP) is 4.64. The summed E-state index contributed by atoms with van der Waals surface area (Å²) in [7, 11) is 0. The number of aliphatic carboxylic acids is 1. The van der Waals surface area contributed by atoms with E-state index in [1.165, 1.54) is 0 Å². The van der Waals surface area contributed by atoms with Gasteiger partial charge in [-0.3, -0.25) is 4.79 Å². The Labute approximate surface area is 210 Å². The lowest BCUT2D eigenvalue weighted by molar-refractivity contribution is -0.137. The van der Waals surface area contributed by atoms with Gasteiger partial charge in [0.25, 0.3) is 0 Å². The normalized spacial score (nSPS) is 20.6. The monoisotopic (exact) mass is 490 g/mol. The van der Waals surface area contributed by atoms with Gasteiger partial charge in [-0.25, -0.2) is 0 Å². The maximum atomic E-state index is 11.1. The van der Waals surface area contributed by atoms with E-state index >= 15 is 0 Å². The van der Waals surface area contributed by atoms with Gasteiger partial charge in [0.2, 0.25) is 0 Å². The average Bonchev–Trinajstić information content (AvgIpc) is 3.42. The fourth-order valence-corrected chi connectivity index (χ4v) is 4.97. The molecule has 0 radical (unpaired) electrons. The number of aliphatic hydroxyl groups is 1. The number of aliphatic hydroxyl groups excluding tert-OH is 1. The molecule has 2 aliphatic heterocycles. The zero-order valence-electron chi connectivity index (χ0n) is 20.4. The van der Waals surface area contributed by atoms with Crippen LogP contribution in [-0.2, 0) is 16.1 Å². The van der Waals surface area contributed by atoms with E-state index in [9.17, 15) is 9.90 Å². The van der Waals surface area contributed by atoms with Crippen molar-refractivity contribution in [3.8, 4) is 28.4 Å². The van der Waals surface area contributed by atoms with Crippen LogP contribution in [0.4, 0.5) is 0 Å². The van der Waals surface area contributed by atoms with Gasteiger partial charge in [0.05, 0.1) is 26.2 Å². The number of carbonyl (C=O) groups is 1. The van der Waals surface area contributed by atoms with Crippen LogP contribution in [0.2, 0.25) is 0 Å². The maximum Gasteiger partial charge on any atom is 0.304 e. The molecule has 0 aliphatic carbocycles. The summed E-state index contributed by atoms with van der Waals surface area (Å²) in [5, 5.41) is 19.1. The van der Waals surface area contributed by atoms with E-state index in [2.05, 4.69) is 26.0 Å². The molecule has 1 saturated heterocycles. The summed E-state index contributed by atoms with van der Waals surface area (Å²) in [6, 6.07) is 17.8. The number of aryl methyl sites for hydroxylation is 2. The van der Waals surface area contributed by atoms with Crippen LogP contribution in [0.5, 0.6) is 17.2 Å². The van der Waals surface area contributed by atoms with Crippen molar-refractivity contribution in [2.24, 2.45) is 0 Å². The molecule has 188 valence electrons. The highest BCUT2D eigenvalue weighted by Crippen LogP contribution is 2.38. The van der Waals surface area contributed by atoms with Crippen molar-refractivity contribution >= 4 is 5.97 Å². The minimum Gasteiger partial charge on any atom is -0.492 e. The first-order chi connectivity index (χ1) is 17.4. The molecular weight excluding hydrogens is 460 g/mol. The first kappa shape index (κ1) is 24.2. The fourth-order valence-electron chi connectivity index (χ4n) is 4.97. The van der Waals surface area contributed by atoms with E-state index < -0.39 is 12.1 Å². The van der Waals surface area contributed by atoms with Crippen LogP contribution >= 0.6 is 0 Å². The third-order valence-electron chi connectivity index (χ3n) is 6.70. The quantitative estimate of drug-likeness (QED) is 0.475. The molecule has 2 aliphatic rings. The molecule has 3 aromatic rings. The standard InChI is InChI=1S/C29H30O7/c1-17-8-23(36-27-16-33-15-25(27)30)9-18(2)29(17)20-5-3-4-19(10-20)13-34-22-6-7-24-21(11-28(31)32)14-35-26(24)12-22/h3-10,12,21,25,27,30H,11,13-16H2,1-2H3,(H,31,32)/t21?,25-,27-/m1/s1. The molecular formula is C29H30O7. The second kappa shape index (κ2) is 10.2. The lowest BCUT2D eigenvalue weighted by atomic mass is 9.94. The Bertz CT molecular complexity index is 1250. The largest absolute Gasteiger partial charge is 0.492 e. The van der Waals surface area contributed by atoms with Crippen LogP contribution in [-0.4, -0.2) is 48.2 Å². The number of rotatable bonds is 8. The molecule has 3 atom stereocenters. The molecule has 1 fully saturated rings. The summed E-state index contributed by atoms with van der Waals surface area (Å²) in [6.45, 7) is 5.58. The molecule has 2 N–H and O–H groups in total. The summed E-state index contributed by atoms with van der Waals surface area (Å²) in [5.41, 5.74) is 6.35. The minimum atomic E-state index is -0.827. The molecule has 36 heavy (non-hydrogen) atoms. The average molecular weight is 491 g/mol. The van der Waals surface area contributed by atoms with Crippen molar-refractivity contribution in [2.75, 3.05) is 19.8 Å². The Morgan fingerprint density at radius 1 is 1.00 bits per heavy atom. The SMILES string of the molecule is Cc1cc(O[C@@H]2COC[C@H]2O)cc(C)c1-c1cccc(COc2ccc3c(c2)OCC3CC(=O)O)c1. The Morgan fingerprint density at radius 2 is 1.81 bits per heavy atom. The number of fused-ring (bicyclic) bond motifs is 1. The van der Waals surface area contributed by atoms with Crippen molar-refractivity contribution in [3.05, 3.63) is 76.9 Å². The topological polar surface area (TPSA) is 94.5 Å². The van der Waals surface area contributed by atoms with Crippen molar-refractivity contribution in [3.63, 3.8) is 0 Å². The second-order valence-electron chi connectivity index (χ2n) is 9.49. The number of ether oxygens (including phenoxy) is 4. The van der Waals surface area contributed by atoms with Gasteiger partial charge in [-0.2, -0.15) is 0 Å². The highest BCUT2D eigenvalue weighted by molar-refractivity contribution is 5.72. The van der Waals surface area contributed by atoms with Gasteiger partial charge in [-0.05, 0) is 65.9 Å². The van der Waals surface area contributed by atoms with Crippen LogP contribution in [0.1, 0.15) is 34.6 Å². The Balaban J connectivity index is 1.28. The Morgan fingerprint density at radius 3 is 2.53 bits per heavy atom. The third-order valence-corrected chi connectivity index (χ3v) is 6.70. The third kappa shape index (κ3) is 5.17. The molecule has 1 unspecified atom stereocenters. The van der Waals surface area contributed by atoms with E-state index in [-0.39, 0.29) is 18.4 Å². The molecule has 0 spiro atoms. The van der Waals surface area contributed by atoms with E-state index in [1.807, 2.05) is 42.5 Å². The summed E-state index contributed by atoms with van der Waals surface area (Å²) in [5.74, 6) is 1.15. The molecule has 7 nitrogen and oxygen atoms in total. The first-order valence-electron chi connectivity index (χ1n) is 12.1. The van der Waals surface area contributed by atoms with E-state index in [4.69, 9.17) is 24.1 Å². The zero-order chi connectivity index (χ0) is 25.2. The van der Waals surface area contributed by atoms with E-state index in [1.54, 1.807) is 0 Å². The maximum absolute atomic E-state index is 11.1. The molecule has 0 aromatic heterocycles. The lowest BCUT2D eigenvalue weighted by Crippen LogP contribution is -2.29. The van der Waals surface area contributed by atoms with Gasteiger partial charge in [0.1, 0.15) is 36.1 Å². The van der Waals surface area contributed by atoms with Gasteiger partial charge >= 0.3 is 5.97 Å². The molecule has 7 heteroatoms. The second-order valence-corrected chi connectivity index (χ2v) is 9.49. The lowest BCUT2D eigenvalue weighted by Gasteiger charge is -2.19. The predicted molar refractivity (Wildman–Crippen MR) is 134 cm³/mol. The summed E-state index contributed by atoms with van der Waals surface area (Å²) in [4.78, 5) is 11.1. The smallest absolute Gasteiger partial charge is 0.304 e. The number of benzene rings is 3. The zero-order valence-corrected chi connectivity index (χ0v) is 20.4. The number of carboxylic acid groups (broad SMARTS) is 1. The van der Waals surface area contributed by atoms with E-state index in [0.717, 1.165) is 39.1 Å².